The van der Waals surface area contributed by atoms with Gasteiger partial charge < -0.3 is 9.88 Å². The lowest BCUT2D eigenvalue weighted by atomic mass is 10.2. The average Bonchev–Trinajstić information content (AvgIpc) is 2.84. The van der Waals surface area contributed by atoms with Crippen LogP contribution < -0.4 is 5.32 Å². The van der Waals surface area contributed by atoms with Gasteiger partial charge in [0.05, 0.1) is 23.9 Å². The summed E-state index contributed by atoms with van der Waals surface area (Å²) in [4.78, 5) is 10.1. The van der Waals surface area contributed by atoms with Crippen LogP contribution in [0.2, 0.25) is 0 Å². The van der Waals surface area contributed by atoms with E-state index in [0.717, 1.165) is 22.9 Å². The van der Waals surface area contributed by atoms with Crippen molar-refractivity contribution in [1.82, 2.24) is 19.9 Å². The molecule has 0 aliphatic heterocycles. The van der Waals surface area contributed by atoms with Gasteiger partial charge in [-0.05, 0) is 20.4 Å². The minimum absolute atomic E-state index is 0.361. The van der Waals surface area contributed by atoms with Gasteiger partial charge in [0.25, 0.3) is 0 Å². The Balaban J connectivity index is 2.34. The zero-order chi connectivity index (χ0) is 12.4. The van der Waals surface area contributed by atoms with Gasteiger partial charge in [-0.3, -0.25) is 0 Å². The van der Waals surface area contributed by atoms with Crippen molar-refractivity contribution < 1.29 is 0 Å². The van der Waals surface area contributed by atoms with Gasteiger partial charge in [0.15, 0.2) is 0 Å². The van der Waals surface area contributed by atoms with Gasteiger partial charge in [0, 0.05) is 18.0 Å². The first-order valence-corrected chi connectivity index (χ1v) is 6.62. The Morgan fingerprint density at radius 2 is 2.29 bits per heavy atom. The van der Waals surface area contributed by atoms with Crippen molar-refractivity contribution in [3.05, 3.63) is 23.1 Å². The number of nitrogens with zero attached hydrogens (tertiary/aromatic N) is 3. The molecule has 5 heteroatoms. The zero-order valence-electron chi connectivity index (χ0n) is 10.7. The molecule has 1 atom stereocenters. The Hall–Kier alpha value is -1.20. The van der Waals surface area contributed by atoms with Crippen molar-refractivity contribution in [1.29, 1.82) is 0 Å². The van der Waals surface area contributed by atoms with Gasteiger partial charge in [-0.1, -0.05) is 6.92 Å². The van der Waals surface area contributed by atoms with Crippen LogP contribution in [-0.4, -0.2) is 21.1 Å². The SMILES string of the molecule is CCNC(C)c1sc(-c2cncn2C)nc1C. The van der Waals surface area contributed by atoms with E-state index in [2.05, 4.69) is 36.1 Å². The molecule has 0 fully saturated rings. The molecular formula is C12H18N4S. The topological polar surface area (TPSA) is 42.7 Å². The first kappa shape index (κ1) is 12.3. The molecule has 2 aromatic rings. The van der Waals surface area contributed by atoms with E-state index in [-0.39, 0.29) is 0 Å². The molecule has 0 aliphatic rings. The summed E-state index contributed by atoms with van der Waals surface area (Å²) in [7, 11) is 1.99. The lowest BCUT2D eigenvalue weighted by Crippen LogP contribution is -2.17. The number of nitrogens with one attached hydrogen (secondary N) is 1. The maximum atomic E-state index is 4.63. The monoisotopic (exact) mass is 250 g/mol. The van der Waals surface area contributed by atoms with Crippen molar-refractivity contribution in [2.24, 2.45) is 7.05 Å². The van der Waals surface area contributed by atoms with Gasteiger partial charge in [-0.15, -0.1) is 11.3 Å². The molecular weight excluding hydrogens is 232 g/mol. The lowest BCUT2D eigenvalue weighted by Gasteiger charge is -2.09. The fourth-order valence-corrected chi connectivity index (χ4v) is 3.03. The fraction of sp³-hybridized carbons (Fsp3) is 0.500. The molecule has 2 heterocycles. The highest BCUT2D eigenvalue weighted by Crippen LogP contribution is 2.31. The van der Waals surface area contributed by atoms with Crippen LogP contribution in [0.15, 0.2) is 12.5 Å². The maximum absolute atomic E-state index is 4.63. The van der Waals surface area contributed by atoms with Crippen molar-refractivity contribution in [2.45, 2.75) is 26.8 Å². The largest absolute Gasteiger partial charge is 0.332 e. The molecule has 2 aromatic heterocycles. The molecule has 0 amide bonds. The smallest absolute Gasteiger partial charge is 0.142 e. The molecule has 1 unspecified atom stereocenters. The van der Waals surface area contributed by atoms with E-state index in [0.29, 0.717) is 6.04 Å². The summed E-state index contributed by atoms with van der Waals surface area (Å²) < 4.78 is 2.00. The van der Waals surface area contributed by atoms with E-state index in [1.165, 1.54) is 4.88 Å². The summed E-state index contributed by atoms with van der Waals surface area (Å²) in [5.41, 5.74) is 2.19. The van der Waals surface area contributed by atoms with Crippen LogP contribution in [0.5, 0.6) is 0 Å². The number of thiazole rings is 1. The summed E-state index contributed by atoms with van der Waals surface area (Å²) in [6.45, 7) is 7.34. The number of hydrogen-bond acceptors (Lipinski definition) is 4. The van der Waals surface area contributed by atoms with Crippen LogP contribution in [0.4, 0.5) is 0 Å². The maximum Gasteiger partial charge on any atom is 0.142 e. The summed E-state index contributed by atoms with van der Waals surface area (Å²) in [5.74, 6) is 0. The van der Waals surface area contributed by atoms with E-state index in [9.17, 15) is 0 Å². The van der Waals surface area contributed by atoms with Gasteiger partial charge in [0.2, 0.25) is 0 Å². The minimum atomic E-state index is 0.361. The number of hydrogen-bond donors (Lipinski definition) is 1. The molecule has 4 nitrogen and oxygen atoms in total. The Labute approximate surface area is 106 Å². The third-order valence-electron chi connectivity index (χ3n) is 2.77. The minimum Gasteiger partial charge on any atom is -0.332 e. The first-order chi connectivity index (χ1) is 8.13. The Bertz CT molecular complexity index is 500. The normalized spacial score (nSPS) is 12.9. The highest BCUT2D eigenvalue weighted by atomic mass is 32.1. The second-order valence-corrected chi connectivity index (χ2v) is 5.17. The zero-order valence-corrected chi connectivity index (χ0v) is 11.5. The highest BCUT2D eigenvalue weighted by molar-refractivity contribution is 7.15. The van der Waals surface area contributed by atoms with Crippen LogP contribution >= 0.6 is 11.3 Å². The molecule has 92 valence electrons. The Kier molecular flexibility index (Phi) is 3.59. The molecule has 2 rings (SSSR count). The van der Waals surface area contributed by atoms with Crippen molar-refractivity contribution in [3.8, 4) is 10.7 Å². The summed E-state index contributed by atoms with van der Waals surface area (Å²) in [5, 5.41) is 4.47. The summed E-state index contributed by atoms with van der Waals surface area (Å²) >= 11 is 1.74. The molecule has 0 aliphatic carbocycles. The molecule has 0 saturated carbocycles. The molecule has 1 N–H and O–H groups in total. The molecule has 0 radical (unpaired) electrons. The second-order valence-electron chi connectivity index (χ2n) is 4.14. The van der Waals surface area contributed by atoms with Gasteiger partial charge in [0.1, 0.15) is 5.01 Å². The number of imidazole rings is 1. The predicted octanol–water partition coefficient (Wildman–Crippen LogP) is 2.52. The van der Waals surface area contributed by atoms with Crippen LogP contribution in [0.3, 0.4) is 0 Å². The van der Waals surface area contributed by atoms with E-state index in [4.69, 9.17) is 0 Å². The van der Waals surface area contributed by atoms with Crippen LogP contribution in [-0.2, 0) is 7.05 Å². The standard InChI is InChI=1S/C12H18N4S/c1-5-14-8(2)11-9(3)15-12(17-11)10-6-13-7-16(10)4/h6-8,14H,5H2,1-4H3. The molecule has 0 aromatic carbocycles. The van der Waals surface area contributed by atoms with Crippen LogP contribution in [0, 0.1) is 6.92 Å². The third-order valence-corrected chi connectivity index (χ3v) is 4.13. The molecule has 0 bridgehead atoms. The third kappa shape index (κ3) is 2.40. The second kappa shape index (κ2) is 4.98. The average molecular weight is 250 g/mol. The van der Waals surface area contributed by atoms with Crippen LogP contribution in [0.25, 0.3) is 10.7 Å². The molecule has 0 saturated heterocycles. The van der Waals surface area contributed by atoms with Gasteiger partial charge in [-0.25, -0.2) is 9.97 Å². The molecule has 17 heavy (non-hydrogen) atoms. The van der Waals surface area contributed by atoms with Gasteiger partial charge >= 0.3 is 0 Å². The first-order valence-electron chi connectivity index (χ1n) is 5.80. The lowest BCUT2D eigenvalue weighted by molar-refractivity contribution is 0.603. The van der Waals surface area contributed by atoms with E-state index in [1.807, 2.05) is 17.8 Å². The molecule has 0 spiro atoms. The predicted molar refractivity (Wildman–Crippen MR) is 71.1 cm³/mol. The fourth-order valence-electron chi connectivity index (χ4n) is 1.88. The highest BCUT2D eigenvalue weighted by Gasteiger charge is 2.15. The van der Waals surface area contributed by atoms with E-state index >= 15 is 0 Å². The Morgan fingerprint density at radius 3 is 2.88 bits per heavy atom. The quantitative estimate of drug-likeness (QED) is 0.906. The van der Waals surface area contributed by atoms with Gasteiger partial charge in [-0.2, -0.15) is 0 Å². The van der Waals surface area contributed by atoms with Crippen molar-refractivity contribution in [2.75, 3.05) is 6.54 Å². The van der Waals surface area contributed by atoms with E-state index in [1.54, 1.807) is 17.7 Å². The number of rotatable bonds is 4. The van der Waals surface area contributed by atoms with Crippen molar-refractivity contribution in [3.63, 3.8) is 0 Å². The van der Waals surface area contributed by atoms with Crippen LogP contribution in [0.1, 0.15) is 30.5 Å². The van der Waals surface area contributed by atoms with E-state index < -0.39 is 0 Å². The number of aryl methyl sites for hydroxylation is 2. The summed E-state index contributed by atoms with van der Waals surface area (Å²) in [6, 6.07) is 0.361. The summed E-state index contributed by atoms with van der Waals surface area (Å²) in [6.07, 6.45) is 3.67. The Morgan fingerprint density at radius 1 is 1.53 bits per heavy atom. The van der Waals surface area contributed by atoms with Crippen molar-refractivity contribution >= 4 is 11.3 Å². The number of aromatic nitrogens is 3.